The van der Waals surface area contributed by atoms with Crippen molar-refractivity contribution in [3.05, 3.63) is 24.3 Å². The van der Waals surface area contributed by atoms with Crippen LogP contribution < -0.4 is 4.74 Å². The lowest BCUT2D eigenvalue weighted by molar-refractivity contribution is -0.358. The van der Waals surface area contributed by atoms with Crippen molar-refractivity contribution in [3.63, 3.8) is 0 Å². The van der Waals surface area contributed by atoms with E-state index in [0.29, 0.717) is 0 Å². The van der Waals surface area contributed by atoms with Crippen molar-refractivity contribution in [2.75, 3.05) is 13.2 Å². The first kappa shape index (κ1) is 23.1. The second-order valence-electron chi connectivity index (χ2n) is 7.09. The minimum absolute atomic E-state index is 0.0508. The standard InChI is InChI=1S/C18H26O12/c19-5-9-11(22)13(24)15(26)17(28-9)30-16-14(25)12(23)10(6-20)29-18(16)27-8-4-2-1-3-7(8)21/h1-4,9-26H,5-6H2. The van der Waals surface area contributed by atoms with Crippen LogP contribution in [0.3, 0.4) is 0 Å². The van der Waals surface area contributed by atoms with E-state index >= 15 is 0 Å². The molecule has 10 unspecified atom stereocenters. The normalized spacial score (nSPS) is 42.1. The summed E-state index contributed by atoms with van der Waals surface area (Å²) in [5.41, 5.74) is 0. The molecule has 2 aliphatic rings. The minimum atomic E-state index is -1.77. The van der Waals surface area contributed by atoms with Crippen molar-refractivity contribution >= 4 is 0 Å². The van der Waals surface area contributed by atoms with E-state index in [9.17, 15) is 40.9 Å². The largest absolute Gasteiger partial charge is 0.504 e. The van der Waals surface area contributed by atoms with Crippen LogP contribution in [0.1, 0.15) is 0 Å². The van der Waals surface area contributed by atoms with Crippen LogP contribution in [0.5, 0.6) is 11.5 Å². The molecular weight excluding hydrogens is 408 g/mol. The fraction of sp³-hybridized carbons (Fsp3) is 0.667. The predicted molar refractivity (Wildman–Crippen MR) is 95.1 cm³/mol. The molecule has 0 radical (unpaired) electrons. The van der Waals surface area contributed by atoms with Crippen LogP contribution in [0.25, 0.3) is 0 Å². The third kappa shape index (κ3) is 4.53. The summed E-state index contributed by atoms with van der Waals surface area (Å²) in [6.07, 6.45) is -15.6. The van der Waals surface area contributed by atoms with Crippen LogP contribution in [0, 0.1) is 0 Å². The Hall–Kier alpha value is -1.58. The van der Waals surface area contributed by atoms with E-state index in [2.05, 4.69) is 0 Å². The summed E-state index contributed by atoms with van der Waals surface area (Å²) in [4.78, 5) is 0. The number of aliphatic hydroxyl groups is 7. The maximum Gasteiger partial charge on any atom is 0.229 e. The number of para-hydroxylation sites is 2. The Balaban J connectivity index is 1.83. The van der Waals surface area contributed by atoms with Gasteiger partial charge in [0.15, 0.2) is 23.9 Å². The topological polar surface area (TPSA) is 199 Å². The Bertz CT molecular complexity index is 687. The van der Waals surface area contributed by atoms with Gasteiger partial charge in [0, 0.05) is 0 Å². The van der Waals surface area contributed by atoms with Crippen molar-refractivity contribution in [3.8, 4) is 11.5 Å². The van der Waals surface area contributed by atoms with Gasteiger partial charge in [-0.1, -0.05) is 12.1 Å². The summed E-state index contributed by atoms with van der Waals surface area (Å²) in [5.74, 6) is -0.306. The molecule has 2 fully saturated rings. The number of hydrogen-bond acceptors (Lipinski definition) is 12. The van der Waals surface area contributed by atoms with Gasteiger partial charge in [0.1, 0.15) is 42.7 Å². The van der Waals surface area contributed by atoms with Crippen molar-refractivity contribution in [1.82, 2.24) is 0 Å². The van der Waals surface area contributed by atoms with E-state index in [-0.39, 0.29) is 11.5 Å². The van der Waals surface area contributed by atoms with Crippen LogP contribution in [0.4, 0.5) is 0 Å². The van der Waals surface area contributed by atoms with Gasteiger partial charge < -0.3 is 59.8 Å². The Labute approximate surface area is 171 Å². The Morgan fingerprint density at radius 1 is 0.733 bits per heavy atom. The molecule has 12 nitrogen and oxygen atoms in total. The number of rotatable bonds is 6. The van der Waals surface area contributed by atoms with E-state index in [4.69, 9.17) is 18.9 Å². The van der Waals surface area contributed by atoms with E-state index in [1.165, 1.54) is 12.1 Å². The predicted octanol–water partition coefficient (Wildman–Crippen LogP) is -3.60. The summed E-state index contributed by atoms with van der Waals surface area (Å²) in [6, 6.07) is 5.83. The van der Waals surface area contributed by atoms with Crippen molar-refractivity contribution in [2.45, 2.75) is 61.4 Å². The van der Waals surface area contributed by atoms with E-state index in [1.807, 2.05) is 0 Å². The molecule has 1 aromatic carbocycles. The van der Waals surface area contributed by atoms with Gasteiger partial charge in [-0.25, -0.2) is 0 Å². The summed E-state index contributed by atoms with van der Waals surface area (Å²) in [5, 5.41) is 79.3. The number of phenolic OH excluding ortho intramolecular Hbond substituents is 1. The molecule has 10 atom stereocenters. The minimum Gasteiger partial charge on any atom is -0.504 e. The average Bonchev–Trinajstić information content (AvgIpc) is 2.74. The average molecular weight is 434 g/mol. The molecule has 0 aliphatic carbocycles. The second kappa shape index (κ2) is 9.70. The molecular formula is C18H26O12. The SMILES string of the molecule is OCC1OC(OC2C(Oc3ccccc3O)OC(CO)C(O)C2O)C(O)C(O)C1O. The summed E-state index contributed by atoms with van der Waals surface area (Å²) < 4.78 is 21.8. The van der Waals surface area contributed by atoms with Crippen LogP contribution >= 0.6 is 0 Å². The fourth-order valence-electron chi connectivity index (χ4n) is 3.31. The molecule has 12 heteroatoms. The van der Waals surface area contributed by atoms with Gasteiger partial charge in [-0.15, -0.1) is 0 Å². The highest BCUT2D eigenvalue weighted by molar-refractivity contribution is 5.38. The van der Waals surface area contributed by atoms with Gasteiger partial charge >= 0.3 is 0 Å². The Kier molecular flexibility index (Phi) is 7.47. The second-order valence-corrected chi connectivity index (χ2v) is 7.09. The van der Waals surface area contributed by atoms with Crippen LogP contribution in [0.2, 0.25) is 0 Å². The molecule has 8 N–H and O–H groups in total. The van der Waals surface area contributed by atoms with Crippen molar-refractivity contribution in [1.29, 1.82) is 0 Å². The molecule has 0 saturated carbocycles. The van der Waals surface area contributed by atoms with Gasteiger partial charge in [-0.3, -0.25) is 0 Å². The van der Waals surface area contributed by atoms with E-state index in [0.717, 1.165) is 0 Å². The first-order valence-electron chi connectivity index (χ1n) is 9.31. The number of phenols is 1. The summed E-state index contributed by atoms with van der Waals surface area (Å²) >= 11 is 0. The van der Waals surface area contributed by atoms with Gasteiger partial charge in [-0.05, 0) is 12.1 Å². The number of aromatic hydroxyl groups is 1. The van der Waals surface area contributed by atoms with Gasteiger partial charge in [0.05, 0.1) is 13.2 Å². The molecule has 0 amide bonds. The third-order valence-electron chi connectivity index (χ3n) is 5.07. The highest BCUT2D eigenvalue weighted by Gasteiger charge is 2.51. The Morgan fingerprint density at radius 3 is 1.90 bits per heavy atom. The van der Waals surface area contributed by atoms with Crippen LogP contribution in [-0.4, -0.2) is 115 Å². The monoisotopic (exact) mass is 434 g/mol. The Morgan fingerprint density at radius 2 is 1.30 bits per heavy atom. The van der Waals surface area contributed by atoms with Gasteiger partial charge in [0.25, 0.3) is 0 Å². The third-order valence-corrected chi connectivity index (χ3v) is 5.07. The molecule has 0 bridgehead atoms. The molecule has 0 spiro atoms. The number of aliphatic hydroxyl groups excluding tert-OH is 7. The zero-order valence-corrected chi connectivity index (χ0v) is 15.7. The summed E-state index contributed by atoms with van der Waals surface area (Å²) in [7, 11) is 0. The lowest BCUT2D eigenvalue weighted by atomic mass is 9.97. The number of benzene rings is 1. The first-order chi connectivity index (χ1) is 14.3. The molecule has 3 rings (SSSR count). The zero-order valence-electron chi connectivity index (χ0n) is 15.7. The summed E-state index contributed by atoms with van der Waals surface area (Å²) in [6.45, 7) is -1.35. The number of hydrogen-bond donors (Lipinski definition) is 8. The molecule has 0 aromatic heterocycles. The van der Waals surface area contributed by atoms with Gasteiger partial charge in [-0.2, -0.15) is 0 Å². The molecule has 1 aromatic rings. The quantitative estimate of drug-likeness (QED) is 0.219. The lowest BCUT2D eigenvalue weighted by Crippen LogP contribution is -2.65. The van der Waals surface area contributed by atoms with Crippen molar-refractivity contribution < 1.29 is 59.8 Å². The first-order valence-corrected chi connectivity index (χ1v) is 9.31. The zero-order chi connectivity index (χ0) is 22.0. The molecule has 2 saturated heterocycles. The van der Waals surface area contributed by atoms with Gasteiger partial charge in [0.2, 0.25) is 6.29 Å². The van der Waals surface area contributed by atoms with E-state index in [1.54, 1.807) is 12.1 Å². The molecule has 30 heavy (non-hydrogen) atoms. The smallest absolute Gasteiger partial charge is 0.229 e. The van der Waals surface area contributed by atoms with Crippen LogP contribution in [-0.2, 0) is 14.2 Å². The lowest BCUT2D eigenvalue weighted by Gasteiger charge is -2.45. The van der Waals surface area contributed by atoms with E-state index < -0.39 is 74.6 Å². The van der Waals surface area contributed by atoms with Crippen LogP contribution in [0.15, 0.2) is 24.3 Å². The maximum atomic E-state index is 10.5. The maximum absolute atomic E-state index is 10.5. The fourth-order valence-corrected chi connectivity index (χ4v) is 3.31. The highest BCUT2D eigenvalue weighted by Crippen LogP contribution is 2.33. The highest BCUT2D eigenvalue weighted by atomic mass is 16.8. The number of ether oxygens (including phenoxy) is 4. The molecule has 2 aliphatic heterocycles. The molecule has 2 heterocycles. The molecule has 170 valence electrons. The van der Waals surface area contributed by atoms with Crippen molar-refractivity contribution in [2.24, 2.45) is 0 Å².